The highest BCUT2D eigenvalue weighted by Gasteiger charge is 2.17. The van der Waals surface area contributed by atoms with E-state index in [1.807, 2.05) is 0 Å². The average molecular weight is 274 g/mol. The topological polar surface area (TPSA) is 89.3 Å². The van der Waals surface area contributed by atoms with E-state index in [2.05, 4.69) is 5.32 Å². The maximum atomic E-state index is 13.4. The van der Waals surface area contributed by atoms with Gasteiger partial charge in [-0.1, -0.05) is 0 Å². The minimum absolute atomic E-state index is 0.199. The number of anilines is 1. The van der Waals surface area contributed by atoms with E-state index in [4.69, 9.17) is 5.73 Å². The largest absolute Gasteiger partial charge is 0.399 e. The molecule has 1 atom stereocenters. The smallest absolute Gasteiger partial charge is 0.254 e. The van der Waals surface area contributed by atoms with Crippen LogP contribution in [0.4, 0.5) is 10.1 Å². The molecule has 3 N–H and O–H groups in total. The molecule has 0 spiro atoms. The Morgan fingerprint density at radius 2 is 2.11 bits per heavy atom. The van der Waals surface area contributed by atoms with Crippen molar-refractivity contribution >= 4 is 21.4 Å². The van der Waals surface area contributed by atoms with Gasteiger partial charge in [0.25, 0.3) is 5.91 Å². The van der Waals surface area contributed by atoms with Crippen LogP contribution >= 0.6 is 0 Å². The van der Waals surface area contributed by atoms with Gasteiger partial charge in [0.05, 0.1) is 11.3 Å². The number of benzene rings is 1. The van der Waals surface area contributed by atoms with E-state index in [0.29, 0.717) is 0 Å². The molecule has 7 heteroatoms. The molecule has 0 heterocycles. The van der Waals surface area contributed by atoms with E-state index < -0.39 is 27.6 Å². The molecule has 0 radical (unpaired) electrons. The van der Waals surface area contributed by atoms with Crippen molar-refractivity contribution in [2.75, 3.05) is 17.7 Å². The van der Waals surface area contributed by atoms with Crippen LogP contribution in [0.5, 0.6) is 0 Å². The highest BCUT2D eigenvalue weighted by molar-refractivity contribution is 7.90. The highest BCUT2D eigenvalue weighted by Crippen LogP contribution is 2.12. The number of nitrogen functional groups attached to an aromatic ring is 1. The lowest BCUT2D eigenvalue weighted by atomic mass is 10.1. The van der Waals surface area contributed by atoms with Crippen molar-refractivity contribution in [3.8, 4) is 0 Å². The maximum absolute atomic E-state index is 13.4. The van der Waals surface area contributed by atoms with Crippen molar-refractivity contribution in [3.63, 3.8) is 0 Å². The van der Waals surface area contributed by atoms with Crippen molar-refractivity contribution in [1.82, 2.24) is 5.32 Å². The van der Waals surface area contributed by atoms with Gasteiger partial charge in [0.2, 0.25) is 0 Å². The summed E-state index contributed by atoms with van der Waals surface area (Å²) in [7, 11) is -3.20. The zero-order chi connectivity index (χ0) is 13.9. The minimum Gasteiger partial charge on any atom is -0.399 e. The Balaban J connectivity index is 2.80. The Kier molecular flexibility index (Phi) is 4.28. The Labute approximate surface area is 105 Å². The van der Waals surface area contributed by atoms with Crippen LogP contribution in [0.15, 0.2) is 18.2 Å². The molecule has 1 unspecified atom stereocenters. The van der Waals surface area contributed by atoms with Gasteiger partial charge in [-0.05, 0) is 25.1 Å². The predicted octanol–water partition coefficient (Wildman–Crippen LogP) is 0.571. The molecule has 0 saturated heterocycles. The van der Waals surface area contributed by atoms with Crippen LogP contribution in [0.25, 0.3) is 0 Å². The summed E-state index contributed by atoms with van der Waals surface area (Å²) in [6.45, 7) is 1.53. The third-order valence-corrected chi connectivity index (χ3v) is 3.27. The van der Waals surface area contributed by atoms with Gasteiger partial charge in [0.15, 0.2) is 0 Å². The molecule has 5 nitrogen and oxygen atoms in total. The number of carbonyl (C=O) groups excluding carboxylic acids is 1. The molecule has 0 aliphatic heterocycles. The van der Waals surface area contributed by atoms with E-state index >= 15 is 0 Å². The number of rotatable bonds is 4. The SMILES string of the molecule is CC(CS(C)(=O)=O)NC(=O)c1cc(N)ccc1F. The summed E-state index contributed by atoms with van der Waals surface area (Å²) >= 11 is 0. The Bertz CT molecular complexity index is 557. The van der Waals surface area contributed by atoms with E-state index in [0.717, 1.165) is 12.3 Å². The van der Waals surface area contributed by atoms with Crippen LogP contribution in [0.2, 0.25) is 0 Å². The Hall–Kier alpha value is -1.63. The second-order valence-corrected chi connectivity index (χ2v) is 6.39. The summed E-state index contributed by atoms with van der Waals surface area (Å²) in [5.74, 6) is -1.59. The Morgan fingerprint density at radius 3 is 2.67 bits per heavy atom. The third kappa shape index (κ3) is 4.33. The molecule has 1 amide bonds. The predicted molar refractivity (Wildman–Crippen MR) is 67.5 cm³/mol. The van der Waals surface area contributed by atoms with Crippen LogP contribution in [0.3, 0.4) is 0 Å². The van der Waals surface area contributed by atoms with Gasteiger partial charge in [0.1, 0.15) is 15.7 Å². The van der Waals surface area contributed by atoms with Gasteiger partial charge in [-0.15, -0.1) is 0 Å². The van der Waals surface area contributed by atoms with E-state index in [-0.39, 0.29) is 17.0 Å². The first-order valence-corrected chi connectivity index (χ1v) is 7.28. The molecule has 0 bridgehead atoms. The standard InChI is InChI=1S/C11H15FN2O3S/c1-7(6-18(2,16)17)14-11(15)9-5-8(13)3-4-10(9)12/h3-5,7H,6,13H2,1-2H3,(H,14,15). The number of nitrogens with one attached hydrogen (secondary N) is 1. The first kappa shape index (κ1) is 14.4. The lowest BCUT2D eigenvalue weighted by Gasteiger charge is -2.13. The Morgan fingerprint density at radius 1 is 1.50 bits per heavy atom. The average Bonchev–Trinajstić information content (AvgIpc) is 2.18. The van der Waals surface area contributed by atoms with Crippen LogP contribution in [0.1, 0.15) is 17.3 Å². The summed E-state index contributed by atoms with van der Waals surface area (Å²) in [6.07, 6.45) is 1.07. The van der Waals surface area contributed by atoms with Crippen molar-refractivity contribution in [2.24, 2.45) is 0 Å². The van der Waals surface area contributed by atoms with Crippen molar-refractivity contribution < 1.29 is 17.6 Å². The number of hydrogen-bond donors (Lipinski definition) is 2. The van der Waals surface area contributed by atoms with Gasteiger partial charge in [0, 0.05) is 18.0 Å². The molecule has 1 aromatic rings. The zero-order valence-electron chi connectivity index (χ0n) is 10.1. The van der Waals surface area contributed by atoms with Crippen LogP contribution in [-0.4, -0.2) is 32.4 Å². The number of halogens is 1. The second-order valence-electron chi connectivity index (χ2n) is 4.21. The lowest BCUT2D eigenvalue weighted by molar-refractivity contribution is 0.0939. The molecule has 100 valence electrons. The van der Waals surface area contributed by atoms with E-state index in [1.54, 1.807) is 0 Å². The van der Waals surface area contributed by atoms with Gasteiger partial charge in [-0.3, -0.25) is 4.79 Å². The summed E-state index contributed by atoms with van der Waals surface area (Å²) in [5, 5.41) is 2.41. The zero-order valence-corrected chi connectivity index (χ0v) is 10.9. The van der Waals surface area contributed by atoms with E-state index in [9.17, 15) is 17.6 Å². The minimum atomic E-state index is -3.20. The summed E-state index contributed by atoms with van der Waals surface area (Å²) < 4.78 is 35.4. The molecular weight excluding hydrogens is 259 g/mol. The number of carbonyl (C=O) groups is 1. The first-order chi connectivity index (χ1) is 8.19. The van der Waals surface area contributed by atoms with Gasteiger partial charge >= 0.3 is 0 Å². The molecule has 18 heavy (non-hydrogen) atoms. The second kappa shape index (κ2) is 5.34. The number of nitrogens with two attached hydrogens (primary N) is 1. The molecule has 0 aliphatic carbocycles. The summed E-state index contributed by atoms with van der Waals surface area (Å²) in [5.41, 5.74) is 5.52. The maximum Gasteiger partial charge on any atom is 0.254 e. The van der Waals surface area contributed by atoms with Gasteiger partial charge in [-0.25, -0.2) is 12.8 Å². The fourth-order valence-electron chi connectivity index (χ4n) is 1.51. The molecule has 1 rings (SSSR count). The van der Waals surface area contributed by atoms with Gasteiger partial charge < -0.3 is 11.1 Å². The third-order valence-electron chi connectivity index (χ3n) is 2.17. The number of hydrogen-bond acceptors (Lipinski definition) is 4. The van der Waals surface area contributed by atoms with Crippen molar-refractivity contribution in [1.29, 1.82) is 0 Å². The van der Waals surface area contributed by atoms with Crippen LogP contribution in [0, 0.1) is 5.82 Å². The van der Waals surface area contributed by atoms with Crippen molar-refractivity contribution in [2.45, 2.75) is 13.0 Å². The fourth-order valence-corrected chi connectivity index (χ4v) is 2.51. The molecule has 1 aromatic carbocycles. The van der Waals surface area contributed by atoms with Crippen LogP contribution < -0.4 is 11.1 Å². The van der Waals surface area contributed by atoms with E-state index in [1.165, 1.54) is 19.1 Å². The number of amides is 1. The molecular formula is C11H15FN2O3S. The molecule has 0 saturated carbocycles. The molecule has 0 aliphatic rings. The highest BCUT2D eigenvalue weighted by atomic mass is 32.2. The normalized spacial score (nSPS) is 13.1. The molecule has 0 fully saturated rings. The van der Waals surface area contributed by atoms with Crippen molar-refractivity contribution in [3.05, 3.63) is 29.6 Å². The number of sulfone groups is 1. The summed E-state index contributed by atoms with van der Waals surface area (Å²) in [6, 6.07) is 3.03. The monoisotopic (exact) mass is 274 g/mol. The lowest BCUT2D eigenvalue weighted by Crippen LogP contribution is -2.37. The molecule has 0 aromatic heterocycles. The first-order valence-electron chi connectivity index (χ1n) is 5.22. The quantitative estimate of drug-likeness (QED) is 0.786. The fraction of sp³-hybridized carbons (Fsp3) is 0.364. The van der Waals surface area contributed by atoms with Crippen LogP contribution in [-0.2, 0) is 9.84 Å². The summed E-state index contributed by atoms with van der Waals surface area (Å²) in [4.78, 5) is 11.7. The van der Waals surface area contributed by atoms with Gasteiger partial charge in [-0.2, -0.15) is 0 Å².